The molecule has 4 atom stereocenters. The Kier molecular flexibility index (Phi) is 5.96. The third-order valence-electron chi connectivity index (χ3n) is 5.45. The zero-order valence-corrected chi connectivity index (χ0v) is 15.6. The lowest BCUT2D eigenvalue weighted by Gasteiger charge is -2.42. The summed E-state index contributed by atoms with van der Waals surface area (Å²) in [5.74, 6) is -3.18. The molecule has 0 aliphatic carbocycles. The Balaban J connectivity index is 1.78. The average Bonchev–Trinajstić information content (AvgIpc) is 3.00. The fourth-order valence-electron chi connectivity index (χ4n) is 4.24. The van der Waals surface area contributed by atoms with Crippen molar-refractivity contribution in [3.8, 4) is 0 Å². The highest BCUT2D eigenvalue weighted by atomic mass is 16.6. The van der Waals surface area contributed by atoms with E-state index in [-0.39, 0.29) is 24.8 Å². The van der Waals surface area contributed by atoms with Crippen molar-refractivity contribution in [1.29, 1.82) is 0 Å². The van der Waals surface area contributed by atoms with E-state index in [1.165, 1.54) is 7.11 Å². The van der Waals surface area contributed by atoms with Gasteiger partial charge in [-0.3, -0.25) is 14.4 Å². The van der Waals surface area contributed by atoms with Crippen LogP contribution < -0.4 is 0 Å². The predicted octanol–water partition coefficient (Wildman–Crippen LogP) is 1.63. The van der Waals surface area contributed by atoms with E-state index in [1.54, 1.807) is 35.2 Å². The van der Waals surface area contributed by atoms with Crippen molar-refractivity contribution in [3.05, 3.63) is 35.9 Å². The summed E-state index contributed by atoms with van der Waals surface area (Å²) in [6.45, 7) is 0. The molecule has 0 saturated carbocycles. The number of carbonyl (C=O) groups excluding carboxylic acids is 3. The molecule has 28 heavy (non-hydrogen) atoms. The fraction of sp³-hybridized carbons (Fsp3) is 0.500. The van der Waals surface area contributed by atoms with Crippen molar-refractivity contribution in [2.45, 2.75) is 50.3 Å². The van der Waals surface area contributed by atoms with Crippen LogP contribution in [-0.2, 0) is 23.9 Å². The van der Waals surface area contributed by atoms with Crippen LogP contribution in [0.2, 0.25) is 0 Å². The van der Waals surface area contributed by atoms with E-state index in [0.717, 1.165) is 0 Å². The van der Waals surface area contributed by atoms with Gasteiger partial charge in [-0.1, -0.05) is 18.2 Å². The normalized spacial score (nSPS) is 25.8. The number of hydrogen-bond donors (Lipinski definition) is 1. The average molecular weight is 389 g/mol. The van der Waals surface area contributed by atoms with E-state index >= 15 is 0 Å². The monoisotopic (exact) mass is 389 g/mol. The maximum absolute atomic E-state index is 12.6. The first kappa shape index (κ1) is 19.9. The summed E-state index contributed by atoms with van der Waals surface area (Å²) in [5.41, 5.74) is 0.387. The second kappa shape index (κ2) is 8.41. The molecule has 2 fully saturated rings. The predicted molar refractivity (Wildman–Crippen MR) is 96.3 cm³/mol. The Morgan fingerprint density at radius 1 is 1.11 bits per heavy atom. The van der Waals surface area contributed by atoms with Gasteiger partial charge in [0.25, 0.3) is 0 Å². The number of piperidine rings is 1. The highest BCUT2D eigenvalue weighted by molar-refractivity contribution is 5.90. The molecule has 1 N–H and O–H groups in total. The smallest absolute Gasteiger partial charge is 0.338 e. The van der Waals surface area contributed by atoms with Crippen LogP contribution in [0.25, 0.3) is 0 Å². The molecule has 2 aliphatic rings. The van der Waals surface area contributed by atoms with Gasteiger partial charge in [0, 0.05) is 24.9 Å². The number of esters is 2. The first-order valence-corrected chi connectivity index (χ1v) is 9.29. The minimum absolute atomic E-state index is 0.120. The van der Waals surface area contributed by atoms with Crippen LogP contribution in [0.1, 0.15) is 42.5 Å². The maximum Gasteiger partial charge on any atom is 0.338 e. The first-order valence-electron chi connectivity index (χ1n) is 9.29. The molecule has 0 aromatic heterocycles. The number of carbonyl (C=O) groups is 4. The fourth-order valence-corrected chi connectivity index (χ4v) is 4.24. The number of fused-ring (bicyclic) bond motifs is 2. The number of methoxy groups -OCH3 is 1. The SMILES string of the molecule is COC(=O)[C@H]1[C@@H](OC(=O)c2ccccc2)C[C@@H]2CC[C@H]1N2C(=O)CCC(=O)O. The summed E-state index contributed by atoms with van der Waals surface area (Å²) in [6.07, 6.45) is 0.516. The molecule has 2 bridgehead atoms. The van der Waals surface area contributed by atoms with Gasteiger partial charge in [-0.25, -0.2) is 4.79 Å². The van der Waals surface area contributed by atoms with Gasteiger partial charge < -0.3 is 19.5 Å². The quantitative estimate of drug-likeness (QED) is 0.736. The van der Waals surface area contributed by atoms with Crippen LogP contribution in [0.3, 0.4) is 0 Å². The molecule has 2 heterocycles. The Labute approximate surface area is 162 Å². The molecule has 2 aliphatic heterocycles. The standard InChI is InChI=1S/C20H23NO7/c1-27-20(26)18-14-8-7-13(21(14)16(22)9-10-17(23)24)11-15(18)28-19(25)12-5-3-2-4-6-12/h2-6,13-15,18H,7-11H2,1H3,(H,23,24)/t13-,14+,15-,18+/m0/s1. The van der Waals surface area contributed by atoms with Crippen LogP contribution in [0, 0.1) is 5.92 Å². The molecule has 0 spiro atoms. The molecular weight excluding hydrogens is 366 g/mol. The van der Waals surface area contributed by atoms with Crippen LogP contribution >= 0.6 is 0 Å². The summed E-state index contributed by atoms with van der Waals surface area (Å²) < 4.78 is 10.6. The summed E-state index contributed by atoms with van der Waals surface area (Å²) in [5, 5.41) is 8.83. The number of carboxylic acids is 1. The van der Waals surface area contributed by atoms with Gasteiger partial charge in [0.15, 0.2) is 0 Å². The van der Waals surface area contributed by atoms with Gasteiger partial charge in [-0.2, -0.15) is 0 Å². The Morgan fingerprint density at radius 2 is 1.82 bits per heavy atom. The van der Waals surface area contributed by atoms with Crippen LogP contribution in [-0.4, -0.2) is 59.1 Å². The van der Waals surface area contributed by atoms with E-state index in [4.69, 9.17) is 14.6 Å². The van der Waals surface area contributed by atoms with Crippen LogP contribution in [0.4, 0.5) is 0 Å². The molecule has 3 rings (SSSR count). The van der Waals surface area contributed by atoms with Crippen molar-refractivity contribution < 1.29 is 33.8 Å². The number of nitrogens with zero attached hydrogens (tertiary/aromatic N) is 1. The molecule has 0 unspecified atom stereocenters. The number of ether oxygens (including phenoxy) is 2. The third kappa shape index (κ3) is 4.00. The lowest BCUT2D eigenvalue weighted by molar-refractivity contribution is -0.160. The van der Waals surface area contributed by atoms with Crippen LogP contribution in [0.5, 0.6) is 0 Å². The largest absolute Gasteiger partial charge is 0.481 e. The van der Waals surface area contributed by atoms with E-state index in [2.05, 4.69) is 0 Å². The van der Waals surface area contributed by atoms with Crippen molar-refractivity contribution in [2.24, 2.45) is 5.92 Å². The number of benzene rings is 1. The summed E-state index contributed by atoms with van der Waals surface area (Å²) in [4.78, 5) is 49.9. The molecule has 8 heteroatoms. The van der Waals surface area contributed by atoms with Gasteiger partial charge in [0.05, 0.1) is 19.1 Å². The molecule has 8 nitrogen and oxygen atoms in total. The first-order chi connectivity index (χ1) is 13.4. The van der Waals surface area contributed by atoms with Crippen LogP contribution in [0.15, 0.2) is 30.3 Å². The number of hydrogen-bond acceptors (Lipinski definition) is 6. The second-order valence-corrected chi connectivity index (χ2v) is 7.09. The topological polar surface area (TPSA) is 110 Å². The molecule has 1 aromatic carbocycles. The van der Waals surface area contributed by atoms with Crippen molar-refractivity contribution in [3.63, 3.8) is 0 Å². The lowest BCUT2D eigenvalue weighted by Crippen LogP contribution is -2.57. The lowest BCUT2D eigenvalue weighted by atomic mass is 9.86. The number of carboxylic acid groups (broad SMARTS) is 1. The van der Waals surface area contributed by atoms with Crippen molar-refractivity contribution >= 4 is 23.8 Å². The minimum atomic E-state index is -1.04. The molecule has 0 radical (unpaired) electrons. The van der Waals surface area contributed by atoms with E-state index in [1.807, 2.05) is 0 Å². The summed E-state index contributed by atoms with van der Waals surface area (Å²) in [7, 11) is 1.26. The van der Waals surface area contributed by atoms with Gasteiger partial charge in [-0.05, 0) is 25.0 Å². The maximum atomic E-state index is 12.6. The Bertz CT molecular complexity index is 763. The number of rotatable bonds is 6. The highest BCUT2D eigenvalue weighted by Crippen LogP contribution is 2.42. The summed E-state index contributed by atoms with van der Waals surface area (Å²) in [6, 6.07) is 7.87. The summed E-state index contributed by atoms with van der Waals surface area (Å²) >= 11 is 0. The number of amides is 1. The van der Waals surface area contributed by atoms with E-state index < -0.39 is 36.0 Å². The molecule has 1 aromatic rings. The van der Waals surface area contributed by atoms with Gasteiger partial charge >= 0.3 is 17.9 Å². The van der Waals surface area contributed by atoms with Gasteiger partial charge in [0.1, 0.15) is 12.0 Å². The van der Waals surface area contributed by atoms with Crippen molar-refractivity contribution in [1.82, 2.24) is 4.90 Å². The van der Waals surface area contributed by atoms with Crippen molar-refractivity contribution in [2.75, 3.05) is 7.11 Å². The minimum Gasteiger partial charge on any atom is -0.481 e. The number of aliphatic carboxylic acids is 1. The Hall–Kier alpha value is -2.90. The van der Waals surface area contributed by atoms with E-state index in [9.17, 15) is 19.2 Å². The molecule has 2 saturated heterocycles. The van der Waals surface area contributed by atoms with Gasteiger partial charge in [-0.15, -0.1) is 0 Å². The third-order valence-corrected chi connectivity index (χ3v) is 5.45. The van der Waals surface area contributed by atoms with E-state index in [0.29, 0.717) is 24.8 Å². The Morgan fingerprint density at radius 3 is 2.46 bits per heavy atom. The van der Waals surface area contributed by atoms with Gasteiger partial charge in [0.2, 0.25) is 5.91 Å². The molecular formula is C20H23NO7. The zero-order chi connectivity index (χ0) is 20.3. The second-order valence-electron chi connectivity index (χ2n) is 7.09. The molecule has 150 valence electrons. The zero-order valence-electron chi connectivity index (χ0n) is 15.6. The highest BCUT2D eigenvalue weighted by Gasteiger charge is 2.53. The molecule has 1 amide bonds.